The van der Waals surface area contributed by atoms with Crippen LogP contribution in [0.2, 0.25) is 0 Å². The van der Waals surface area contributed by atoms with Crippen molar-refractivity contribution in [3.63, 3.8) is 0 Å². The van der Waals surface area contributed by atoms with Crippen molar-refractivity contribution in [2.75, 3.05) is 0 Å². The maximum absolute atomic E-state index is 13.3. The predicted octanol–water partition coefficient (Wildman–Crippen LogP) is 4.36. The van der Waals surface area contributed by atoms with Gasteiger partial charge in [-0.15, -0.1) is 0 Å². The Morgan fingerprint density at radius 1 is 1.20 bits per heavy atom. The predicted molar refractivity (Wildman–Crippen MR) is 77.6 cm³/mol. The van der Waals surface area contributed by atoms with Crippen LogP contribution in [0.15, 0.2) is 46.9 Å². The maximum atomic E-state index is 13.3. The van der Waals surface area contributed by atoms with E-state index in [2.05, 4.69) is 15.9 Å². The second-order valence-corrected chi connectivity index (χ2v) is 5.65. The van der Waals surface area contributed by atoms with Crippen LogP contribution in [-0.2, 0) is 0 Å². The first kappa shape index (κ1) is 13.3. The van der Waals surface area contributed by atoms with E-state index in [0.29, 0.717) is 21.3 Å². The number of ether oxygens (including phenoxy) is 1. The second kappa shape index (κ2) is 5.37. The molecule has 0 spiro atoms. The first-order chi connectivity index (χ1) is 9.63. The molecule has 0 amide bonds. The summed E-state index contributed by atoms with van der Waals surface area (Å²) < 4.78 is 19.5. The van der Waals surface area contributed by atoms with E-state index < -0.39 is 5.82 Å². The Hall–Kier alpha value is -1.68. The molecule has 20 heavy (non-hydrogen) atoms. The van der Waals surface area contributed by atoms with Gasteiger partial charge in [0.1, 0.15) is 11.6 Å². The third-order valence-electron chi connectivity index (χ3n) is 3.10. The third-order valence-corrected chi connectivity index (χ3v) is 3.79. The molecule has 1 saturated carbocycles. The number of rotatable bonds is 4. The number of halogens is 2. The smallest absolute Gasteiger partial charge is 0.194 e. The Morgan fingerprint density at radius 2 is 2.00 bits per heavy atom. The summed E-state index contributed by atoms with van der Waals surface area (Å²) in [6, 6.07) is 11.1. The van der Waals surface area contributed by atoms with Crippen LogP contribution in [-0.4, -0.2) is 11.9 Å². The van der Waals surface area contributed by atoms with Gasteiger partial charge in [-0.3, -0.25) is 4.79 Å². The molecule has 0 atom stereocenters. The highest BCUT2D eigenvalue weighted by Crippen LogP contribution is 2.28. The summed E-state index contributed by atoms with van der Waals surface area (Å²) in [5, 5.41) is 0. The maximum Gasteiger partial charge on any atom is 0.194 e. The molecule has 0 radical (unpaired) electrons. The van der Waals surface area contributed by atoms with E-state index in [1.165, 1.54) is 18.2 Å². The zero-order valence-electron chi connectivity index (χ0n) is 10.6. The fourth-order valence-corrected chi connectivity index (χ4v) is 2.34. The molecular formula is C16H12BrFO2. The molecule has 0 saturated heterocycles. The van der Waals surface area contributed by atoms with E-state index in [4.69, 9.17) is 4.74 Å². The summed E-state index contributed by atoms with van der Waals surface area (Å²) in [6.07, 6.45) is 2.41. The van der Waals surface area contributed by atoms with Crippen LogP contribution in [0.4, 0.5) is 4.39 Å². The Morgan fingerprint density at radius 3 is 2.75 bits per heavy atom. The molecule has 2 aromatic carbocycles. The number of carbonyl (C=O) groups excluding carboxylic acids is 1. The fourth-order valence-electron chi connectivity index (χ4n) is 1.92. The highest BCUT2D eigenvalue weighted by atomic mass is 79.9. The van der Waals surface area contributed by atoms with Gasteiger partial charge in [-0.1, -0.05) is 28.1 Å². The molecule has 1 fully saturated rings. The van der Waals surface area contributed by atoms with Crippen molar-refractivity contribution in [1.82, 2.24) is 0 Å². The van der Waals surface area contributed by atoms with Crippen molar-refractivity contribution in [1.29, 1.82) is 0 Å². The number of benzene rings is 2. The molecule has 1 aliphatic carbocycles. The van der Waals surface area contributed by atoms with Gasteiger partial charge in [-0.2, -0.15) is 0 Å². The van der Waals surface area contributed by atoms with Crippen molar-refractivity contribution < 1.29 is 13.9 Å². The molecular weight excluding hydrogens is 323 g/mol. The van der Waals surface area contributed by atoms with Crippen molar-refractivity contribution in [2.45, 2.75) is 18.9 Å². The van der Waals surface area contributed by atoms with E-state index in [1.807, 2.05) is 6.07 Å². The molecule has 0 aliphatic heterocycles. The number of carbonyl (C=O) groups is 1. The molecule has 3 rings (SSSR count). The lowest BCUT2D eigenvalue weighted by molar-refractivity contribution is 0.103. The third kappa shape index (κ3) is 2.90. The van der Waals surface area contributed by atoms with E-state index >= 15 is 0 Å². The SMILES string of the molecule is O=C(c1cccc(OC2CC2)c1)c1cc(F)ccc1Br. The molecule has 4 heteroatoms. The van der Waals surface area contributed by atoms with Crippen molar-refractivity contribution >= 4 is 21.7 Å². The lowest BCUT2D eigenvalue weighted by Gasteiger charge is -2.07. The van der Waals surface area contributed by atoms with Crippen LogP contribution in [0.25, 0.3) is 0 Å². The van der Waals surface area contributed by atoms with Crippen LogP contribution in [0.5, 0.6) is 5.75 Å². The first-order valence-corrected chi connectivity index (χ1v) is 7.19. The summed E-state index contributed by atoms with van der Waals surface area (Å²) in [5.41, 5.74) is 0.808. The van der Waals surface area contributed by atoms with Gasteiger partial charge in [0.25, 0.3) is 0 Å². The van der Waals surface area contributed by atoms with Crippen LogP contribution in [0, 0.1) is 5.82 Å². The molecule has 0 heterocycles. The Balaban J connectivity index is 1.91. The van der Waals surface area contributed by atoms with Gasteiger partial charge in [0.15, 0.2) is 5.78 Å². The molecule has 0 aromatic heterocycles. The highest BCUT2D eigenvalue weighted by Gasteiger charge is 2.24. The average Bonchev–Trinajstić information content (AvgIpc) is 3.25. The summed E-state index contributed by atoms with van der Waals surface area (Å²) in [6.45, 7) is 0. The van der Waals surface area contributed by atoms with Crippen molar-refractivity contribution in [3.8, 4) is 5.75 Å². The van der Waals surface area contributed by atoms with Crippen LogP contribution in [0.1, 0.15) is 28.8 Å². The van der Waals surface area contributed by atoms with Gasteiger partial charge in [0.05, 0.1) is 6.10 Å². The summed E-state index contributed by atoms with van der Waals surface area (Å²) in [5.74, 6) is 0.0328. The number of hydrogen-bond donors (Lipinski definition) is 0. The van der Waals surface area contributed by atoms with Crippen LogP contribution < -0.4 is 4.74 Å². The average molecular weight is 335 g/mol. The van der Waals surface area contributed by atoms with Gasteiger partial charge in [-0.05, 0) is 43.2 Å². The molecule has 2 aromatic rings. The van der Waals surface area contributed by atoms with Gasteiger partial charge in [0.2, 0.25) is 0 Å². The second-order valence-electron chi connectivity index (χ2n) is 4.80. The Bertz CT molecular complexity index is 665. The summed E-state index contributed by atoms with van der Waals surface area (Å²) >= 11 is 3.28. The van der Waals surface area contributed by atoms with Gasteiger partial charge in [-0.25, -0.2) is 4.39 Å². The quantitative estimate of drug-likeness (QED) is 0.776. The molecule has 102 valence electrons. The normalized spacial score (nSPS) is 14.1. The minimum atomic E-state index is -0.429. The minimum Gasteiger partial charge on any atom is -0.490 e. The van der Waals surface area contributed by atoms with Gasteiger partial charge in [0, 0.05) is 15.6 Å². The zero-order chi connectivity index (χ0) is 14.1. The monoisotopic (exact) mass is 334 g/mol. The van der Waals surface area contributed by atoms with Crippen molar-refractivity contribution in [3.05, 3.63) is 63.9 Å². The first-order valence-electron chi connectivity index (χ1n) is 6.40. The molecule has 2 nitrogen and oxygen atoms in total. The lowest BCUT2D eigenvalue weighted by Crippen LogP contribution is -2.04. The zero-order valence-corrected chi connectivity index (χ0v) is 12.2. The van der Waals surface area contributed by atoms with Crippen LogP contribution in [0.3, 0.4) is 0 Å². The number of hydrogen-bond acceptors (Lipinski definition) is 2. The lowest BCUT2D eigenvalue weighted by atomic mass is 10.0. The highest BCUT2D eigenvalue weighted by molar-refractivity contribution is 9.10. The van der Waals surface area contributed by atoms with E-state index in [9.17, 15) is 9.18 Å². The standard InChI is InChI=1S/C16H12BrFO2/c17-15-7-4-11(18)9-14(15)16(19)10-2-1-3-13(8-10)20-12-5-6-12/h1-4,7-9,12H,5-6H2. The van der Waals surface area contributed by atoms with Gasteiger partial charge >= 0.3 is 0 Å². The molecule has 0 N–H and O–H groups in total. The van der Waals surface area contributed by atoms with E-state index in [0.717, 1.165) is 12.8 Å². The van der Waals surface area contributed by atoms with Gasteiger partial charge < -0.3 is 4.74 Å². The summed E-state index contributed by atoms with van der Waals surface area (Å²) in [7, 11) is 0. The molecule has 0 bridgehead atoms. The van der Waals surface area contributed by atoms with Crippen LogP contribution >= 0.6 is 15.9 Å². The van der Waals surface area contributed by atoms with E-state index in [-0.39, 0.29) is 11.9 Å². The topological polar surface area (TPSA) is 26.3 Å². The largest absolute Gasteiger partial charge is 0.490 e. The Labute approximate surface area is 124 Å². The molecule has 0 unspecified atom stereocenters. The van der Waals surface area contributed by atoms with E-state index in [1.54, 1.807) is 18.2 Å². The fraction of sp³-hybridized carbons (Fsp3) is 0.188. The molecule has 1 aliphatic rings. The summed E-state index contributed by atoms with van der Waals surface area (Å²) in [4.78, 5) is 12.4. The number of ketones is 1. The Kier molecular flexibility index (Phi) is 3.57. The van der Waals surface area contributed by atoms with Crippen molar-refractivity contribution in [2.24, 2.45) is 0 Å². The minimum absolute atomic E-state index is 0.224.